The fourth-order valence-corrected chi connectivity index (χ4v) is 1.79. The SMILES string of the molecule is Cc1cccc(C#C/C=C2\CCN(C(=O)O)C2)n1. The molecule has 0 bridgehead atoms. The molecule has 1 saturated heterocycles. The van der Waals surface area contributed by atoms with E-state index in [1.165, 1.54) is 4.90 Å². The number of amides is 1. The fourth-order valence-electron chi connectivity index (χ4n) is 1.79. The first-order valence-corrected chi connectivity index (χ1v) is 5.76. The second-order valence-corrected chi connectivity index (χ2v) is 4.19. The van der Waals surface area contributed by atoms with E-state index in [1.807, 2.05) is 25.1 Å². The van der Waals surface area contributed by atoms with Crippen LogP contribution in [-0.4, -0.2) is 34.2 Å². The summed E-state index contributed by atoms with van der Waals surface area (Å²) in [6, 6.07) is 5.70. The smallest absolute Gasteiger partial charge is 0.407 e. The number of carboxylic acid groups (broad SMARTS) is 1. The summed E-state index contributed by atoms with van der Waals surface area (Å²) in [4.78, 5) is 16.4. The molecule has 1 amide bonds. The van der Waals surface area contributed by atoms with Crippen molar-refractivity contribution in [3.63, 3.8) is 0 Å². The molecule has 0 spiro atoms. The highest BCUT2D eigenvalue weighted by Crippen LogP contribution is 2.14. The molecule has 1 fully saturated rings. The number of nitrogens with zero attached hydrogens (tertiary/aromatic N) is 2. The van der Waals surface area contributed by atoms with Crippen molar-refractivity contribution in [1.82, 2.24) is 9.88 Å². The number of hydrogen-bond acceptors (Lipinski definition) is 2. The monoisotopic (exact) mass is 242 g/mol. The first kappa shape index (κ1) is 12.2. The highest BCUT2D eigenvalue weighted by atomic mass is 16.4. The third kappa shape index (κ3) is 3.11. The maximum absolute atomic E-state index is 10.7. The fraction of sp³-hybridized carbons (Fsp3) is 0.286. The number of aromatic nitrogens is 1. The first-order valence-electron chi connectivity index (χ1n) is 5.76. The van der Waals surface area contributed by atoms with Gasteiger partial charge < -0.3 is 10.0 Å². The van der Waals surface area contributed by atoms with Crippen molar-refractivity contribution in [2.24, 2.45) is 0 Å². The zero-order valence-corrected chi connectivity index (χ0v) is 10.2. The summed E-state index contributed by atoms with van der Waals surface area (Å²) >= 11 is 0. The predicted molar refractivity (Wildman–Crippen MR) is 68.1 cm³/mol. The molecule has 1 aliphatic heterocycles. The van der Waals surface area contributed by atoms with Gasteiger partial charge in [-0.1, -0.05) is 12.0 Å². The highest BCUT2D eigenvalue weighted by Gasteiger charge is 2.19. The second-order valence-electron chi connectivity index (χ2n) is 4.19. The van der Waals surface area contributed by atoms with Crippen molar-refractivity contribution < 1.29 is 9.90 Å². The second kappa shape index (κ2) is 5.37. The van der Waals surface area contributed by atoms with Crippen LogP contribution in [-0.2, 0) is 0 Å². The van der Waals surface area contributed by atoms with Crippen molar-refractivity contribution in [3.8, 4) is 11.8 Å². The summed E-state index contributed by atoms with van der Waals surface area (Å²) in [5.41, 5.74) is 2.73. The third-order valence-corrected chi connectivity index (χ3v) is 2.73. The number of carbonyl (C=O) groups is 1. The Morgan fingerprint density at radius 1 is 1.56 bits per heavy atom. The molecule has 4 heteroatoms. The van der Waals surface area contributed by atoms with Crippen LogP contribution in [0.3, 0.4) is 0 Å². The standard InChI is InChI=1S/C14H14N2O2/c1-11-4-2-6-13(15-11)7-3-5-12-8-9-16(10-12)14(17)18/h2,4-6H,8-10H2,1H3,(H,17,18)/b12-5+. The number of aryl methyl sites for hydroxylation is 1. The number of likely N-dealkylation sites (tertiary alicyclic amines) is 1. The van der Waals surface area contributed by atoms with Crippen LogP contribution in [0, 0.1) is 18.8 Å². The minimum Gasteiger partial charge on any atom is -0.465 e. The molecular weight excluding hydrogens is 228 g/mol. The van der Waals surface area contributed by atoms with Crippen molar-refractivity contribution in [1.29, 1.82) is 0 Å². The molecule has 0 aromatic carbocycles. The van der Waals surface area contributed by atoms with Gasteiger partial charge in [0.25, 0.3) is 0 Å². The molecule has 2 rings (SSSR count). The van der Waals surface area contributed by atoms with Crippen molar-refractivity contribution >= 4 is 6.09 Å². The van der Waals surface area contributed by atoms with Crippen LogP contribution in [0.5, 0.6) is 0 Å². The number of rotatable bonds is 0. The Morgan fingerprint density at radius 3 is 3.06 bits per heavy atom. The molecule has 1 N–H and O–H groups in total. The van der Waals surface area contributed by atoms with Crippen LogP contribution in [0.15, 0.2) is 29.8 Å². The lowest BCUT2D eigenvalue weighted by molar-refractivity contribution is 0.156. The number of pyridine rings is 1. The Bertz CT molecular complexity index is 552. The molecule has 0 radical (unpaired) electrons. The van der Waals surface area contributed by atoms with E-state index in [0.29, 0.717) is 13.1 Å². The lowest BCUT2D eigenvalue weighted by atomic mass is 10.2. The van der Waals surface area contributed by atoms with Gasteiger partial charge in [-0.3, -0.25) is 0 Å². The van der Waals surface area contributed by atoms with E-state index in [4.69, 9.17) is 5.11 Å². The highest BCUT2D eigenvalue weighted by molar-refractivity contribution is 5.66. The van der Waals surface area contributed by atoms with Crippen LogP contribution < -0.4 is 0 Å². The summed E-state index contributed by atoms with van der Waals surface area (Å²) in [7, 11) is 0. The minimum atomic E-state index is -0.869. The summed E-state index contributed by atoms with van der Waals surface area (Å²) < 4.78 is 0. The molecule has 92 valence electrons. The van der Waals surface area contributed by atoms with E-state index >= 15 is 0 Å². The lowest BCUT2D eigenvalue weighted by Gasteiger charge is -2.07. The number of allylic oxidation sites excluding steroid dienone is 1. The van der Waals surface area contributed by atoms with Gasteiger partial charge in [-0.15, -0.1) is 0 Å². The zero-order chi connectivity index (χ0) is 13.0. The first-order chi connectivity index (χ1) is 8.65. The van der Waals surface area contributed by atoms with E-state index in [0.717, 1.165) is 23.4 Å². The number of hydrogen-bond donors (Lipinski definition) is 1. The van der Waals surface area contributed by atoms with Gasteiger partial charge in [0.15, 0.2) is 0 Å². The van der Waals surface area contributed by atoms with Crippen LogP contribution >= 0.6 is 0 Å². The van der Waals surface area contributed by atoms with E-state index in [2.05, 4.69) is 16.8 Å². The average Bonchev–Trinajstić information content (AvgIpc) is 2.78. The van der Waals surface area contributed by atoms with E-state index in [9.17, 15) is 4.79 Å². The maximum atomic E-state index is 10.7. The molecule has 0 unspecified atom stereocenters. The van der Waals surface area contributed by atoms with Crippen LogP contribution in [0.2, 0.25) is 0 Å². The molecule has 2 heterocycles. The lowest BCUT2D eigenvalue weighted by Crippen LogP contribution is -2.25. The van der Waals surface area contributed by atoms with Crippen molar-refractivity contribution in [3.05, 3.63) is 41.2 Å². The molecule has 1 aromatic rings. The van der Waals surface area contributed by atoms with Gasteiger partial charge in [0.2, 0.25) is 0 Å². The topological polar surface area (TPSA) is 53.4 Å². The van der Waals surface area contributed by atoms with Crippen LogP contribution in [0.25, 0.3) is 0 Å². The van der Waals surface area contributed by atoms with Crippen molar-refractivity contribution in [2.75, 3.05) is 13.1 Å². The Labute approximate surface area is 106 Å². The van der Waals surface area contributed by atoms with Crippen molar-refractivity contribution in [2.45, 2.75) is 13.3 Å². The average molecular weight is 242 g/mol. The largest absolute Gasteiger partial charge is 0.465 e. The molecule has 0 atom stereocenters. The molecule has 18 heavy (non-hydrogen) atoms. The van der Waals surface area contributed by atoms with Gasteiger partial charge in [-0.05, 0) is 43.0 Å². The van der Waals surface area contributed by atoms with E-state index < -0.39 is 6.09 Å². The third-order valence-electron chi connectivity index (χ3n) is 2.73. The molecule has 0 aliphatic carbocycles. The Balaban J connectivity index is 2.02. The normalized spacial score (nSPS) is 16.5. The molecule has 4 nitrogen and oxygen atoms in total. The summed E-state index contributed by atoms with van der Waals surface area (Å²) in [6.07, 6.45) is 1.70. The van der Waals surface area contributed by atoms with Gasteiger partial charge in [-0.25, -0.2) is 9.78 Å². The van der Waals surface area contributed by atoms with Gasteiger partial charge in [0, 0.05) is 18.8 Å². The maximum Gasteiger partial charge on any atom is 0.407 e. The summed E-state index contributed by atoms with van der Waals surface area (Å²) in [5.74, 6) is 5.89. The van der Waals surface area contributed by atoms with E-state index in [-0.39, 0.29) is 0 Å². The van der Waals surface area contributed by atoms with Crippen LogP contribution in [0.4, 0.5) is 4.79 Å². The summed E-state index contributed by atoms with van der Waals surface area (Å²) in [6.45, 7) is 2.95. The Morgan fingerprint density at radius 2 is 2.39 bits per heavy atom. The van der Waals surface area contributed by atoms with Gasteiger partial charge in [-0.2, -0.15) is 0 Å². The molecule has 1 aromatic heterocycles. The minimum absolute atomic E-state index is 0.464. The molecule has 0 saturated carbocycles. The summed E-state index contributed by atoms with van der Waals surface area (Å²) in [5, 5.41) is 8.82. The quantitative estimate of drug-likeness (QED) is 0.708. The zero-order valence-electron chi connectivity index (χ0n) is 10.2. The van der Waals surface area contributed by atoms with Gasteiger partial charge in [0.05, 0.1) is 0 Å². The predicted octanol–water partition coefficient (Wildman–Crippen LogP) is 2.05. The molecule has 1 aliphatic rings. The van der Waals surface area contributed by atoms with E-state index in [1.54, 1.807) is 6.08 Å². The Hall–Kier alpha value is -2.28. The molecular formula is C14H14N2O2. The van der Waals surface area contributed by atoms with Crippen LogP contribution in [0.1, 0.15) is 17.8 Å². The van der Waals surface area contributed by atoms with Gasteiger partial charge >= 0.3 is 6.09 Å². The Kier molecular flexibility index (Phi) is 3.63. The van der Waals surface area contributed by atoms with Gasteiger partial charge in [0.1, 0.15) is 5.69 Å².